The monoisotopic (exact) mass is 508 g/mol. The van der Waals surface area contributed by atoms with Crippen LogP contribution in [0.4, 0.5) is 0 Å². The number of hydrogen-bond acceptors (Lipinski definition) is 3. The molecule has 2 aromatic carbocycles. The van der Waals surface area contributed by atoms with Gasteiger partial charge >= 0.3 is 5.97 Å². The molecule has 0 fully saturated rings. The Hall–Kier alpha value is -1.70. The third-order valence-electron chi connectivity index (χ3n) is 4.44. The molecule has 27 heavy (non-hydrogen) atoms. The molecule has 4 nitrogen and oxygen atoms in total. The molecule has 0 saturated carbocycles. The van der Waals surface area contributed by atoms with E-state index >= 15 is 0 Å². The molecule has 7 heteroatoms. The Balaban J connectivity index is 2.02. The van der Waals surface area contributed by atoms with E-state index in [4.69, 9.17) is 17.0 Å². The number of allylic oxidation sites excluding steroid dienone is 1. The van der Waals surface area contributed by atoms with Crippen molar-refractivity contribution in [1.29, 1.82) is 0 Å². The first-order valence-corrected chi connectivity index (χ1v) is 10.3. The van der Waals surface area contributed by atoms with Crippen LogP contribution in [0.5, 0.6) is 0 Å². The van der Waals surface area contributed by atoms with Crippen LogP contribution in [0.3, 0.4) is 0 Å². The van der Waals surface area contributed by atoms with Crippen LogP contribution >= 0.6 is 44.1 Å². The van der Waals surface area contributed by atoms with Gasteiger partial charge in [-0.3, -0.25) is 0 Å². The highest BCUT2D eigenvalue weighted by molar-refractivity contribution is 9.10. The average molecular weight is 510 g/mol. The molecule has 0 aromatic heterocycles. The van der Waals surface area contributed by atoms with Crippen LogP contribution in [-0.2, 0) is 16.1 Å². The lowest BCUT2D eigenvalue weighted by Crippen LogP contribution is -2.47. The number of ether oxygens (including phenoxy) is 1. The Morgan fingerprint density at radius 1 is 1.19 bits per heavy atom. The molecule has 1 heterocycles. The van der Waals surface area contributed by atoms with E-state index in [-0.39, 0.29) is 12.0 Å². The van der Waals surface area contributed by atoms with Gasteiger partial charge in [-0.2, -0.15) is 0 Å². The van der Waals surface area contributed by atoms with E-state index in [1.54, 1.807) is 0 Å². The third kappa shape index (κ3) is 4.42. The number of nitrogens with zero attached hydrogens (tertiary/aromatic N) is 1. The number of rotatable bonds is 4. The van der Waals surface area contributed by atoms with Crippen LogP contribution in [0.15, 0.2) is 68.7 Å². The number of halogens is 2. The zero-order chi connectivity index (χ0) is 19.6. The minimum absolute atomic E-state index is 0.358. The molecule has 0 bridgehead atoms. The fraction of sp³-hybridized carbons (Fsp3) is 0.200. The summed E-state index contributed by atoms with van der Waals surface area (Å²) in [6.07, 6.45) is 0. The van der Waals surface area contributed by atoms with Gasteiger partial charge in [0.05, 0.1) is 18.7 Å². The van der Waals surface area contributed by atoms with Crippen molar-refractivity contribution in [3.05, 3.63) is 79.9 Å². The van der Waals surface area contributed by atoms with Crippen molar-refractivity contribution in [1.82, 2.24) is 10.2 Å². The predicted octanol–water partition coefficient (Wildman–Crippen LogP) is 5.09. The van der Waals surface area contributed by atoms with Crippen molar-refractivity contribution in [3.8, 4) is 0 Å². The van der Waals surface area contributed by atoms with Crippen molar-refractivity contribution in [2.75, 3.05) is 7.11 Å². The van der Waals surface area contributed by atoms with Crippen molar-refractivity contribution in [3.63, 3.8) is 0 Å². The van der Waals surface area contributed by atoms with E-state index in [2.05, 4.69) is 37.2 Å². The number of nitrogens with one attached hydrogen (secondary N) is 1. The van der Waals surface area contributed by atoms with Gasteiger partial charge in [-0.15, -0.1) is 0 Å². The van der Waals surface area contributed by atoms with Gasteiger partial charge in [-0.05, 0) is 54.5 Å². The number of carbonyl (C=O) groups excluding carboxylic acids is 1. The third-order valence-corrected chi connectivity index (χ3v) is 5.80. The van der Waals surface area contributed by atoms with E-state index in [0.717, 1.165) is 25.8 Å². The highest BCUT2D eigenvalue weighted by Crippen LogP contribution is 2.33. The molecule has 1 aliphatic heterocycles. The summed E-state index contributed by atoms with van der Waals surface area (Å²) in [7, 11) is 1.40. The van der Waals surface area contributed by atoms with Gasteiger partial charge in [-0.25, -0.2) is 4.79 Å². The number of methoxy groups -OCH3 is 1. The Bertz CT molecular complexity index is 912. The van der Waals surface area contributed by atoms with E-state index in [0.29, 0.717) is 17.2 Å². The van der Waals surface area contributed by atoms with E-state index < -0.39 is 0 Å². The van der Waals surface area contributed by atoms with Crippen LogP contribution in [0.25, 0.3) is 0 Å². The molecule has 1 atom stereocenters. The van der Waals surface area contributed by atoms with Crippen LogP contribution in [0.2, 0.25) is 0 Å². The Labute approximate surface area is 180 Å². The first-order valence-electron chi connectivity index (χ1n) is 8.27. The fourth-order valence-electron chi connectivity index (χ4n) is 3.05. The summed E-state index contributed by atoms with van der Waals surface area (Å²) >= 11 is 12.6. The molecule has 0 aliphatic carbocycles. The number of thiocarbonyl (C=S) groups is 1. The van der Waals surface area contributed by atoms with Crippen molar-refractivity contribution < 1.29 is 9.53 Å². The molecule has 3 rings (SSSR count). The highest BCUT2D eigenvalue weighted by Gasteiger charge is 2.34. The molecule has 2 aromatic rings. The molecular weight excluding hydrogens is 492 g/mol. The van der Waals surface area contributed by atoms with E-state index in [1.165, 1.54) is 7.11 Å². The molecule has 0 spiro atoms. The largest absolute Gasteiger partial charge is 0.466 e. The number of carbonyl (C=O) groups is 1. The van der Waals surface area contributed by atoms with Gasteiger partial charge in [-0.1, -0.05) is 56.1 Å². The van der Waals surface area contributed by atoms with Crippen LogP contribution in [-0.4, -0.2) is 23.1 Å². The summed E-state index contributed by atoms with van der Waals surface area (Å²) in [5.41, 5.74) is 3.38. The summed E-state index contributed by atoms with van der Waals surface area (Å²) in [6, 6.07) is 15.5. The minimum Gasteiger partial charge on any atom is -0.466 e. The maximum Gasteiger partial charge on any atom is 0.337 e. The number of benzene rings is 2. The van der Waals surface area contributed by atoms with Gasteiger partial charge in [0.2, 0.25) is 0 Å². The molecule has 1 unspecified atom stereocenters. The smallest absolute Gasteiger partial charge is 0.337 e. The lowest BCUT2D eigenvalue weighted by atomic mass is 9.95. The van der Waals surface area contributed by atoms with Crippen molar-refractivity contribution >= 4 is 55.2 Å². The molecule has 1 N–H and O–H groups in total. The normalized spacial score (nSPS) is 17.0. The summed E-state index contributed by atoms with van der Waals surface area (Å²) in [5.74, 6) is -0.367. The van der Waals surface area contributed by atoms with Gasteiger partial charge in [0.1, 0.15) is 0 Å². The molecule has 1 aliphatic rings. The van der Waals surface area contributed by atoms with Gasteiger partial charge in [0, 0.05) is 21.2 Å². The minimum atomic E-state index is -0.367. The molecule has 140 valence electrons. The summed E-state index contributed by atoms with van der Waals surface area (Å²) in [4.78, 5) is 14.5. The zero-order valence-electron chi connectivity index (χ0n) is 14.8. The second kappa shape index (κ2) is 8.54. The maximum atomic E-state index is 12.6. The summed E-state index contributed by atoms with van der Waals surface area (Å²) < 4.78 is 7.02. The summed E-state index contributed by atoms with van der Waals surface area (Å²) in [6.45, 7) is 2.47. The number of hydrogen-bond donors (Lipinski definition) is 1. The lowest BCUT2D eigenvalue weighted by Gasteiger charge is -2.37. The Morgan fingerprint density at radius 3 is 2.52 bits per heavy atom. The first-order chi connectivity index (χ1) is 12.9. The molecule has 0 amide bonds. The predicted molar refractivity (Wildman–Crippen MR) is 117 cm³/mol. The van der Waals surface area contributed by atoms with E-state index in [1.807, 2.05) is 60.4 Å². The van der Waals surface area contributed by atoms with Crippen LogP contribution < -0.4 is 5.32 Å². The quantitative estimate of drug-likeness (QED) is 0.459. The highest BCUT2D eigenvalue weighted by atomic mass is 79.9. The van der Waals surface area contributed by atoms with Gasteiger partial charge in [0.25, 0.3) is 0 Å². The molecule has 0 saturated heterocycles. The zero-order valence-corrected chi connectivity index (χ0v) is 18.8. The van der Waals surface area contributed by atoms with Crippen LogP contribution in [0.1, 0.15) is 24.1 Å². The second-order valence-electron chi connectivity index (χ2n) is 6.14. The van der Waals surface area contributed by atoms with E-state index in [9.17, 15) is 4.79 Å². The average Bonchev–Trinajstić information content (AvgIpc) is 2.65. The first kappa shape index (κ1) is 20.0. The molecule has 0 radical (unpaired) electrons. The molecular formula is C20H18Br2N2O2S. The maximum absolute atomic E-state index is 12.6. The second-order valence-corrected chi connectivity index (χ2v) is 8.36. The SMILES string of the molecule is COC(=O)C1=C(C)N(Cc2ccc(Br)cc2)C(=S)NC1c1cccc(Br)c1. The Morgan fingerprint density at radius 2 is 1.89 bits per heavy atom. The topological polar surface area (TPSA) is 41.6 Å². The van der Waals surface area contributed by atoms with Gasteiger partial charge < -0.3 is 15.0 Å². The van der Waals surface area contributed by atoms with Crippen molar-refractivity contribution in [2.45, 2.75) is 19.5 Å². The number of esters is 1. The Kier molecular flexibility index (Phi) is 6.34. The van der Waals surface area contributed by atoms with Gasteiger partial charge in [0.15, 0.2) is 5.11 Å². The lowest BCUT2D eigenvalue weighted by molar-refractivity contribution is -0.136. The fourth-order valence-corrected chi connectivity index (χ4v) is 4.06. The summed E-state index contributed by atoms with van der Waals surface area (Å²) in [5, 5.41) is 3.88. The standard InChI is InChI=1S/C20H18Br2N2O2S/c1-12-17(19(25)26-2)18(14-4-3-5-16(22)10-14)23-20(27)24(12)11-13-6-8-15(21)9-7-13/h3-10,18H,11H2,1-2H3,(H,23,27). The van der Waals surface area contributed by atoms with Crippen LogP contribution in [0, 0.1) is 0 Å². The van der Waals surface area contributed by atoms with Crippen molar-refractivity contribution in [2.24, 2.45) is 0 Å².